The Balaban J connectivity index is 2.55. The van der Waals surface area contributed by atoms with Gasteiger partial charge in [0.2, 0.25) is 0 Å². The Labute approximate surface area is 126 Å². The van der Waals surface area contributed by atoms with Crippen LogP contribution < -0.4 is 5.32 Å². The minimum Gasteiger partial charge on any atom is -0.313 e. The van der Waals surface area contributed by atoms with E-state index >= 15 is 0 Å². The summed E-state index contributed by atoms with van der Waals surface area (Å²) >= 11 is 8.19. The fourth-order valence-electron chi connectivity index (χ4n) is 1.89. The van der Waals surface area contributed by atoms with Gasteiger partial charge in [-0.1, -0.05) is 31.5 Å². The van der Waals surface area contributed by atoms with Gasteiger partial charge in [-0.05, 0) is 44.8 Å². The molecule has 0 fully saturated rings. The number of hydrogen-bond acceptors (Lipinski definition) is 3. The molecule has 1 aromatic rings. The Hall–Kier alpha value is -0.220. The molecule has 4 heteroatoms. The van der Waals surface area contributed by atoms with Gasteiger partial charge in [-0.15, -0.1) is 11.8 Å². The molecule has 2 nitrogen and oxygen atoms in total. The molecular weight excluding hydrogens is 276 g/mol. The van der Waals surface area contributed by atoms with Gasteiger partial charge in [-0.2, -0.15) is 0 Å². The molecule has 1 unspecified atom stereocenters. The van der Waals surface area contributed by atoms with E-state index in [-0.39, 0.29) is 0 Å². The molecule has 0 spiro atoms. The van der Waals surface area contributed by atoms with E-state index in [1.165, 1.54) is 10.5 Å². The Bertz CT molecular complexity index is 380. The van der Waals surface area contributed by atoms with Gasteiger partial charge in [0, 0.05) is 23.2 Å². The lowest BCUT2D eigenvalue weighted by molar-refractivity contribution is 0.324. The van der Waals surface area contributed by atoms with Gasteiger partial charge in [-0.25, -0.2) is 0 Å². The lowest BCUT2D eigenvalue weighted by atomic mass is 10.1. The Morgan fingerprint density at radius 3 is 2.53 bits per heavy atom. The fourth-order valence-corrected chi connectivity index (χ4v) is 3.18. The summed E-state index contributed by atoms with van der Waals surface area (Å²) in [5.41, 5.74) is 1.24. The number of nitrogens with one attached hydrogen (secondary N) is 1. The number of nitrogens with zero attached hydrogens (tertiary/aromatic N) is 1. The van der Waals surface area contributed by atoms with Crippen LogP contribution in [0.25, 0.3) is 0 Å². The molecule has 0 bridgehead atoms. The van der Waals surface area contributed by atoms with E-state index in [1.54, 1.807) is 0 Å². The molecule has 0 heterocycles. The first-order chi connectivity index (χ1) is 9.12. The second-order valence-electron chi connectivity index (χ2n) is 4.58. The summed E-state index contributed by atoms with van der Waals surface area (Å²) in [6.45, 7) is 9.89. The zero-order valence-corrected chi connectivity index (χ0v) is 13.9. The predicted molar refractivity (Wildman–Crippen MR) is 87.4 cm³/mol. The lowest BCUT2D eigenvalue weighted by Crippen LogP contribution is -2.25. The molecule has 1 rings (SSSR count). The highest BCUT2D eigenvalue weighted by Gasteiger charge is 2.07. The van der Waals surface area contributed by atoms with E-state index in [0.717, 1.165) is 30.4 Å². The van der Waals surface area contributed by atoms with Crippen molar-refractivity contribution in [3.05, 3.63) is 28.8 Å². The van der Waals surface area contributed by atoms with Gasteiger partial charge in [0.15, 0.2) is 0 Å². The molecule has 0 aromatic heterocycles. The highest BCUT2D eigenvalue weighted by Crippen LogP contribution is 2.29. The minimum atomic E-state index is 0.340. The highest BCUT2D eigenvalue weighted by atomic mass is 35.5. The van der Waals surface area contributed by atoms with Crippen LogP contribution in [-0.4, -0.2) is 37.3 Å². The normalized spacial score (nSPS) is 12.9. The standard InChI is InChI=1S/C15H25ClN2S/c1-5-18(6-2)9-10-19-15-8-7-13(11-14(15)16)12(3)17-4/h7-8,11-12,17H,5-6,9-10H2,1-4H3. The number of thioether (sulfide) groups is 1. The molecule has 1 atom stereocenters. The Morgan fingerprint density at radius 1 is 1.32 bits per heavy atom. The molecule has 0 radical (unpaired) electrons. The maximum absolute atomic E-state index is 6.35. The van der Waals surface area contributed by atoms with Crippen molar-refractivity contribution in [3.63, 3.8) is 0 Å². The minimum absolute atomic E-state index is 0.340. The van der Waals surface area contributed by atoms with Gasteiger partial charge in [-0.3, -0.25) is 0 Å². The number of benzene rings is 1. The van der Waals surface area contributed by atoms with Crippen molar-refractivity contribution in [2.24, 2.45) is 0 Å². The molecule has 0 aliphatic carbocycles. The van der Waals surface area contributed by atoms with Crippen LogP contribution in [0.1, 0.15) is 32.4 Å². The van der Waals surface area contributed by atoms with Gasteiger partial charge < -0.3 is 10.2 Å². The van der Waals surface area contributed by atoms with Crippen LogP contribution >= 0.6 is 23.4 Å². The largest absolute Gasteiger partial charge is 0.313 e. The van der Waals surface area contributed by atoms with Gasteiger partial charge in [0.25, 0.3) is 0 Å². The SMILES string of the molecule is CCN(CC)CCSc1ccc(C(C)NC)cc1Cl. The topological polar surface area (TPSA) is 15.3 Å². The molecule has 1 N–H and O–H groups in total. The summed E-state index contributed by atoms with van der Waals surface area (Å²) in [6, 6.07) is 6.71. The quantitative estimate of drug-likeness (QED) is 0.729. The summed E-state index contributed by atoms with van der Waals surface area (Å²) in [7, 11) is 1.96. The lowest BCUT2D eigenvalue weighted by Gasteiger charge is -2.18. The van der Waals surface area contributed by atoms with Crippen LogP contribution in [0.2, 0.25) is 5.02 Å². The zero-order valence-electron chi connectivity index (χ0n) is 12.4. The molecule has 19 heavy (non-hydrogen) atoms. The average molecular weight is 301 g/mol. The summed E-state index contributed by atoms with van der Waals surface area (Å²) in [5.74, 6) is 1.09. The highest BCUT2D eigenvalue weighted by molar-refractivity contribution is 7.99. The van der Waals surface area contributed by atoms with Crippen molar-refractivity contribution in [1.82, 2.24) is 10.2 Å². The maximum Gasteiger partial charge on any atom is 0.0545 e. The first-order valence-corrected chi connectivity index (χ1v) is 8.30. The third-order valence-electron chi connectivity index (χ3n) is 3.45. The van der Waals surface area contributed by atoms with Crippen LogP contribution in [0.5, 0.6) is 0 Å². The molecule has 0 amide bonds. The number of halogens is 1. The van der Waals surface area contributed by atoms with Crippen molar-refractivity contribution >= 4 is 23.4 Å². The number of rotatable bonds is 8. The van der Waals surface area contributed by atoms with Crippen LogP contribution in [0, 0.1) is 0 Å². The first kappa shape index (κ1) is 16.8. The first-order valence-electron chi connectivity index (χ1n) is 6.94. The Kier molecular flexibility index (Phi) is 7.84. The van der Waals surface area contributed by atoms with Crippen molar-refractivity contribution in [1.29, 1.82) is 0 Å². The summed E-state index contributed by atoms with van der Waals surface area (Å²) in [5, 5.41) is 4.09. The molecule has 108 valence electrons. The molecule has 0 saturated carbocycles. The molecule has 0 aliphatic rings. The second kappa shape index (κ2) is 8.85. The molecule has 0 aliphatic heterocycles. The molecule has 1 aromatic carbocycles. The zero-order chi connectivity index (χ0) is 14.3. The third-order valence-corrected chi connectivity index (χ3v) is 4.93. The second-order valence-corrected chi connectivity index (χ2v) is 6.12. The fraction of sp³-hybridized carbons (Fsp3) is 0.600. The molecular formula is C15H25ClN2S. The van der Waals surface area contributed by atoms with Gasteiger partial charge in [0.05, 0.1) is 5.02 Å². The van der Waals surface area contributed by atoms with Crippen molar-refractivity contribution in [3.8, 4) is 0 Å². The van der Waals surface area contributed by atoms with Crippen LogP contribution in [0.3, 0.4) is 0 Å². The van der Waals surface area contributed by atoms with Gasteiger partial charge in [0.1, 0.15) is 0 Å². The van der Waals surface area contributed by atoms with Crippen molar-refractivity contribution < 1.29 is 0 Å². The predicted octanol–water partition coefficient (Wildman–Crippen LogP) is 4.05. The van der Waals surface area contributed by atoms with E-state index in [0.29, 0.717) is 6.04 Å². The van der Waals surface area contributed by atoms with E-state index in [4.69, 9.17) is 11.6 Å². The van der Waals surface area contributed by atoms with Crippen LogP contribution in [0.15, 0.2) is 23.1 Å². The van der Waals surface area contributed by atoms with Gasteiger partial charge >= 0.3 is 0 Å². The monoisotopic (exact) mass is 300 g/mol. The average Bonchev–Trinajstić information content (AvgIpc) is 2.44. The van der Waals surface area contributed by atoms with Crippen molar-refractivity contribution in [2.45, 2.75) is 31.7 Å². The summed E-state index contributed by atoms with van der Waals surface area (Å²) in [4.78, 5) is 3.61. The van der Waals surface area contributed by atoms with E-state index in [2.05, 4.69) is 49.2 Å². The smallest absolute Gasteiger partial charge is 0.0545 e. The van der Waals surface area contributed by atoms with E-state index in [1.807, 2.05) is 18.8 Å². The van der Waals surface area contributed by atoms with E-state index in [9.17, 15) is 0 Å². The van der Waals surface area contributed by atoms with E-state index < -0.39 is 0 Å². The third kappa shape index (κ3) is 5.35. The number of hydrogen-bond donors (Lipinski definition) is 1. The summed E-state index contributed by atoms with van der Waals surface area (Å²) in [6.07, 6.45) is 0. The Morgan fingerprint density at radius 2 is 2.00 bits per heavy atom. The summed E-state index contributed by atoms with van der Waals surface area (Å²) < 4.78 is 0. The van der Waals surface area contributed by atoms with Crippen LogP contribution in [-0.2, 0) is 0 Å². The maximum atomic E-state index is 6.35. The van der Waals surface area contributed by atoms with Crippen LogP contribution in [0.4, 0.5) is 0 Å². The molecule has 0 saturated heterocycles. The van der Waals surface area contributed by atoms with Crippen molar-refractivity contribution in [2.75, 3.05) is 32.4 Å².